The fourth-order valence-corrected chi connectivity index (χ4v) is 3.83. The van der Waals surface area contributed by atoms with Crippen molar-refractivity contribution >= 4 is 10.9 Å². The molecule has 29 heavy (non-hydrogen) atoms. The van der Waals surface area contributed by atoms with Gasteiger partial charge in [0, 0.05) is 26.0 Å². The third kappa shape index (κ3) is 3.23. The molecule has 0 radical (unpaired) electrons. The van der Waals surface area contributed by atoms with Gasteiger partial charge in [-0.1, -0.05) is 55.8 Å². The van der Waals surface area contributed by atoms with Crippen molar-refractivity contribution in [2.75, 3.05) is 0 Å². The van der Waals surface area contributed by atoms with Gasteiger partial charge in [0.1, 0.15) is 0 Å². The molecule has 0 fully saturated rings. The van der Waals surface area contributed by atoms with E-state index in [1.807, 2.05) is 41.1 Å². The van der Waals surface area contributed by atoms with E-state index in [-0.39, 0.29) is 11.2 Å². The van der Waals surface area contributed by atoms with Gasteiger partial charge in [-0.15, -0.1) is 0 Å². The molecule has 0 spiro atoms. The summed E-state index contributed by atoms with van der Waals surface area (Å²) in [7, 11) is 3.23. The van der Waals surface area contributed by atoms with Gasteiger partial charge in [0.15, 0.2) is 0 Å². The Morgan fingerprint density at radius 1 is 0.862 bits per heavy atom. The number of rotatable bonds is 5. The van der Waals surface area contributed by atoms with Crippen LogP contribution in [0.15, 0.2) is 70.4 Å². The Hall–Kier alpha value is -3.34. The van der Waals surface area contributed by atoms with Crippen molar-refractivity contribution in [3.63, 3.8) is 0 Å². The third-order valence-electron chi connectivity index (χ3n) is 5.52. The molecule has 5 nitrogen and oxygen atoms in total. The first-order chi connectivity index (χ1) is 14.0. The smallest absolute Gasteiger partial charge is 0.314 e. The maximum Gasteiger partial charge on any atom is 0.330 e. The zero-order valence-corrected chi connectivity index (χ0v) is 17.1. The van der Waals surface area contributed by atoms with Gasteiger partial charge in [0.05, 0.1) is 16.6 Å². The van der Waals surface area contributed by atoms with Crippen molar-refractivity contribution in [2.45, 2.75) is 26.2 Å². The Morgan fingerprint density at radius 3 is 2.21 bits per heavy atom. The Balaban J connectivity index is 2.01. The normalized spacial score (nSPS) is 11.3. The molecule has 2 aromatic carbocycles. The van der Waals surface area contributed by atoms with Gasteiger partial charge in [0.2, 0.25) is 0 Å². The van der Waals surface area contributed by atoms with Crippen LogP contribution in [0.4, 0.5) is 0 Å². The lowest BCUT2D eigenvalue weighted by Crippen LogP contribution is -2.36. The summed E-state index contributed by atoms with van der Waals surface area (Å²) < 4.78 is 4.73. The summed E-state index contributed by atoms with van der Waals surface area (Å²) in [5, 5.41) is 0.552. The zero-order valence-electron chi connectivity index (χ0n) is 17.1. The molecule has 0 aliphatic heterocycles. The maximum absolute atomic E-state index is 13.0. The van der Waals surface area contributed by atoms with Gasteiger partial charge in [-0.05, 0) is 36.1 Å². The molecule has 2 aromatic heterocycles. The predicted octanol–water partition coefficient (Wildman–Crippen LogP) is 4.04. The number of hydrogen-bond donors (Lipinski definition) is 0. The number of unbranched alkanes of at least 4 members (excludes halogenated alkanes) is 1. The van der Waals surface area contributed by atoms with Crippen LogP contribution in [0.3, 0.4) is 0 Å². The van der Waals surface area contributed by atoms with Gasteiger partial charge in [-0.25, -0.2) is 4.79 Å². The molecule has 0 amide bonds. The minimum Gasteiger partial charge on any atom is -0.314 e. The van der Waals surface area contributed by atoms with Gasteiger partial charge >= 0.3 is 5.69 Å². The third-order valence-corrected chi connectivity index (χ3v) is 5.52. The van der Waals surface area contributed by atoms with Crippen molar-refractivity contribution in [1.82, 2.24) is 13.7 Å². The molecular weight excluding hydrogens is 362 g/mol. The van der Waals surface area contributed by atoms with Gasteiger partial charge in [0.25, 0.3) is 5.56 Å². The number of benzene rings is 2. The summed E-state index contributed by atoms with van der Waals surface area (Å²) in [6.07, 6.45) is 5.28. The Kier molecular flexibility index (Phi) is 4.97. The van der Waals surface area contributed by atoms with Crippen LogP contribution in [0.2, 0.25) is 0 Å². The molecule has 0 saturated carbocycles. The largest absolute Gasteiger partial charge is 0.330 e. The van der Waals surface area contributed by atoms with E-state index in [2.05, 4.69) is 31.2 Å². The van der Waals surface area contributed by atoms with Crippen molar-refractivity contribution < 1.29 is 0 Å². The SMILES string of the molecule is CCCCc1ccc(-n2cc3c(c2-c2ccccc2)c(=O)n(C)c(=O)n3C)cc1. The van der Waals surface area contributed by atoms with Crippen LogP contribution in [-0.4, -0.2) is 13.7 Å². The van der Waals surface area contributed by atoms with E-state index in [9.17, 15) is 9.59 Å². The van der Waals surface area contributed by atoms with E-state index in [4.69, 9.17) is 0 Å². The van der Waals surface area contributed by atoms with Gasteiger partial charge in [-0.3, -0.25) is 13.9 Å². The fourth-order valence-electron chi connectivity index (χ4n) is 3.83. The summed E-state index contributed by atoms with van der Waals surface area (Å²) >= 11 is 0. The molecule has 0 aliphatic carbocycles. The molecule has 148 valence electrons. The standard InChI is InChI=1S/C24H25N3O2/c1-4-5-9-17-12-14-19(15-13-17)27-16-20-21(22(27)18-10-7-6-8-11-18)23(28)26(3)24(29)25(20)2/h6-8,10-16H,4-5,9H2,1-3H3. The molecular formula is C24H25N3O2. The second-order valence-electron chi connectivity index (χ2n) is 7.45. The van der Waals surface area contributed by atoms with Crippen LogP contribution in [0.5, 0.6) is 0 Å². The van der Waals surface area contributed by atoms with E-state index in [1.165, 1.54) is 34.6 Å². The minimum absolute atomic E-state index is 0.278. The highest BCUT2D eigenvalue weighted by Gasteiger charge is 2.20. The first-order valence-corrected chi connectivity index (χ1v) is 9.98. The molecule has 4 rings (SSSR count). The lowest BCUT2D eigenvalue weighted by Gasteiger charge is -2.11. The average Bonchev–Trinajstić information content (AvgIpc) is 3.16. The number of aromatic nitrogens is 3. The summed E-state index contributed by atoms with van der Waals surface area (Å²) in [6, 6.07) is 18.3. The minimum atomic E-state index is -0.325. The number of nitrogens with zero attached hydrogens (tertiary/aromatic N) is 3. The molecule has 0 unspecified atom stereocenters. The highest BCUT2D eigenvalue weighted by atomic mass is 16.2. The zero-order chi connectivity index (χ0) is 20.5. The van der Waals surface area contributed by atoms with Crippen LogP contribution < -0.4 is 11.2 Å². The molecule has 0 bridgehead atoms. The molecule has 0 atom stereocenters. The molecule has 0 saturated heterocycles. The summed E-state index contributed by atoms with van der Waals surface area (Å²) in [6.45, 7) is 2.19. The molecule has 5 heteroatoms. The molecule has 2 heterocycles. The summed E-state index contributed by atoms with van der Waals surface area (Å²) in [5.74, 6) is 0. The van der Waals surface area contributed by atoms with Crippen LogP contribution in [0.1, 0.15) is 25.3 Å². The van der Waals surface area contributed by atoms with Crippen molar-refractivity contribution in [3.8, 4) is 16.9 Å². The van der Waals surface area contributed by atoms with Crippen molar-refractivity contribution in [3.05, 3.63) is 87.2 Å². The lowest BCUT2D eigenvalue weighted by molar-refractivity contribution is 0.714. The van der Waals surface area contributed by atoms with Crippen LogP contribution in [-0.2, 0) is 20.5 Å². The Bertz CT molecular complexity index is 1280. The van der Waals surface area contributed by atoms with E-state index in [0.717, 1.165) is 23.4 Å². The quantitative estimate of drug-likeness (QED) is 0.519. The first-order valence-electron chi connectivity index (χ1n) is 9.98. The van der Waals surface area contributed by atoms with Crippen molar-refractivity contribution in [2.24, 2.45) is 14.1 Å². The van der Waals surface area contributed by atoms with E-state index >= 15 is 0 Å². The van der Waals surface area contributed by atoms with E-state index in [1.54, 1.807) is 7.05 Å². The van der Waals surface area contributed by atoms with E-state index < -0.39 is 0 Å². The fraction of sp³-hybridized carbons (Fsp3) is 0.250. The van der Waals surface area contributed by atoms with Crippen LogP contribution in [0.25, 0.3) is 27.8 Å². The number of hydrogen-bond acceptors (Lipinski definition) is 2. The average molecular weight is 387 g/mol. The Labute approximate surface area is 169 Å². The van der Waals surface area contributed by atoms with Gasteiger partial charge in [-0.2, -0.15) is 0 Å². The van der Waals surface area contributed by atoms with Crippen LogP contribution >= 0.6 is 0 Å². The first kappa shape index (κ1) is 19.0. The summed E-state index contributed by atoms with van der Waals surface area (Å²) in [4.78, 5) is 25.5. The second kappa shape index (κ2) is 7.59. The molecule has 4 aromatic rings. The monoisotopic (exact) mass is 387 g/mol. The summed E-state index contributed by atoms with van der Waals surface area (Å²) in [5.41, 5.74) is 4.04. The highest BCUT2D eigenvalue weighted by molar-refractivity contribution is 5.94. The number of aryl methyl sites for hydroxylation is 2. The topological polar surface area (TPSA) is 48.9 Å². The lowest BCUT2D eigenvalue weighted by atomic mass is 10.1. The highest BCUT2D eigenvalue weighted by Crippen LogP contribution is 2.30. The molecule has 0 N–H and O–H groups in total. The molecule has 0 aliphatic rings. The van der Waals surface area contributed by atoms with Gasteiger partial charge < -0.3 is 4.57 Å². The Morgan fingerprint density at radius 2 is 1.55 bits per heavy atom. The van der Waals surface area contributed by atoms with E-state index in [0.29, 0.717) is 10.9 Å². The van der Waals surface area contributed by atoms with Crippen LogP contribution in [0, 0.1) is 0 Å². The van der Waals surface area contributed by atoms with Crippen molar-refractivity contribution in [1.29, 1.82) is 0 Å². The number of fused-ring (bicyclic) bond motifs is 1. The second-order valence-corrected chi connectivity index (χ2v) is 7.45. The maximum atomic E-state index is 13.0. The predicted molar refractivity (Wildman–Crippen MR) is 118 cm³/mol.